The third-order valence-corrected chi connectivity index (χ3v) is 5.67. The van der Waals surface area contributed by atoms with Gasteiger partial charge in [-0.25, -0.2) is 4.79 Å². The summed E-state index contributed by atoms with van der Waals surface area (Å²) in [5.41, 5.74) is 17.2. The summed E-state index contributed by atoms with van der Waals surface area (Å²) in [5, 5.41) is 2.85. The quantitative estimate of drug-likeness (QED) is 0.551. The lowest BCUT2D eigenvalue weighted by Gasteiger charge is -2.19. The van der Waals surface area contributed by atoms with Gasteiger partial charge in [0.25, 0.3) is 0 Å². The number of carbonyl (C=O) groups is 2. The second-order valence-corrected chi connectivity index (χ2v) is 7.67. The van der Waals surface area contributed by atoms with E-state index in [9.17, 15) is 9.59 Å². The van der Waals surface area contributed by atoms with Crippen LogP contribution in [-0.2, 0) is 11.2 Å². The van der Waals surface area contributed by atoms with Crippen LogP contribution in [0.2, 0.25) is 0 Å². The highest BCUT2D eigenvalue weighted by atomic mass is 16.5. The molecule has 1 aliphatic carbocycles. The van der Waals surface area contributed by atoms with Gasteiger partial charge in [-0.05, 0) is 46.4 Å². The Bertz CT molecular complexity index is 1050. The number of ether oxygens (including phenoxy) is 1. The minimum absolute atomic E-state index is 0.0100. The number of benzene rings is 3. The molecule has 6 heteroatoms. The van der Waals surface area contributed by atoms with Crippen molar-refractivity contribution in [3.63, 3.8) is 0 Å². The molecule has 158 valence electrons. The molecule has 0 spiro atoms. The van der Waals surface area contributed by atoms with Crippen molar-refractivity contribution in [2.24, 2.45) is 11.5 Å². The molecule has 1 aliphatic rings. The molecule has 3 aromatic carbocycles. The molecule has 4 rings (SSSR count). The highest BCUT2D eigenvalue weighted by molar-refractivity contribution is 5.92. The number of fused-ring (bicyclic) bond motifs is 3. The van der Waals surface area contributed by atoms with Gasteiger partial charge in [0, 0.05) is 24.1 Å². The Kier molecular flexibility index (Phi) is 6.00. The molecule has 0 heterocycles. The van der Waals surface area contributed by atoms with E-state index in [-0.39, 0.29) is 25.1 Å². The fraction of sp³-hybridized carbons (Fsp3) is 0.200. The summed E-state index contributed by atoms with van der Waals surface area (Å²) in [6.45, 7) is 0.520. The standard InChI is InChI=1S/C25H25N3O3/c26-14-18(13-16-9-11-17(12-10-16)24(27)29)28-25(30)31-15-23-21-7-3-1-5-19(21)20-6-2-4-8-22(20)23/h1-12,18,23H,13-15,26H2,(H2,27,29)(H,28,30)/t18-/m0/s1. The molecule has 6 nitrogen and oxygen atoms in total. The van der Waals surface area contributed by atoms with Crippen LogP contribution in [0.15, 0.2) is 72.8 Å². The maximum Gasteiger partial charge on any atom is 0.407 e. The maximum absolute atomic E-state index is 12.5. The lowest BCUT2D eigenvalue weighted by molar-refractivity contribution is 0.1000. The van der Waals surface area contributed by atoms with Crippen molar-refractivity contribution in [1.82, 2.24) is 5.32 Å². The van der Waals surface area contributed by atoms with Crippen LogP contribution in [0.5, 0.6) is 0 Å². The molecule has 2 amide bonds. The summed E-state index contributed by atoms with van der Waals surface area (Å²) >= 11 is 0. The van der Waals surface area contributed by atoms with Crippen LogP contribution in [0, 0.1) is 0 Å². The Morgan fingerprint density at radius 2 is 1.48 bits per heavy atom. The van der Waals surface area contributed by atoms with Crippen LogP contribution in [-0.4, -0.2) is 31.2 Å². The van der Waals surface area contributed by atoms with E-state index in [1.54, 1.807) is 12.1 Å². The van der Waals surface area contributed by atoms with E-state index >= 15 is 0 Å². The molecule has 0 radical (unpaired) electrons. The summed E-state index contributed by atoms with van der Waals surface area (Å²) in [6, 6.07) is 23.1. The topological polar surface area (TPSA) is 107 Å². The minimum atomic E-state index is -0.494. The van der Waals surface area contributed by atoms with Gasteiger partial charge in [0.15, 0.2) is 0 Å². The van der Waals surface area contributed by atoms with Crippen molar-refractivity contribution in [1.29, 1.82) is 0 Å². The Hall–Kier alpha value is -3.64. The maximum atomic E-state index is 12.5. The van der Waals surface area contributed by atoms with Crippen molar-refractivity contribution in [3.8, 4) is 11.1 Å². The first kappa shape index (κ1) is 20.6. The molecule has 31 heavy (non-hydrogen) atoms. The fourth-order valence-electron chi connectivity index (χ4n) is 4.09. The van der Waals surface area contributed by atoms with Crippen LogP contribution in [0.4, 0.5) is 4.79 Å². The SMILES string of the molecule is NC[C@H](Cc1ccc(C(N)=O)cc1)NC(=O)OCC1c2ccccc2-c2ccccc21. The van der Waals surface area contributed by atoms with Gasteiger partial charge in [-0.1, -0.05) is 60.7 Å². The summed E-state index contributed by atoms with van der Waals surface area (Å²) in [4.78, 5) is 23.7. The predicted octanol–water partition coefficient (Wildman–Crippen LogP) is 3.19. The van der Waals surface area contributed by atoms with Gasteiger partial charge >= 0.3 is 6.09 Å². The Morgan fingerprint density at radius 3 is 2.03 bits per heavy atom. The molecule has 0 aromatic heterocycles. The number of alkyl carbamates (subject to hydrolysis) is 1. The number of carbonyl (C=O) groups excluding carboxylic acids is 2. The van der Waals surface area contributed by atoms with E-state index in [1.165, 1.54) is 22.3 Å². The molecule has 0 saturated heterocycles. The van der Waals surface area contributed by atoms with Gasteiger partial charge in [-0.15, -0.1) is 0 Å². The van der Waals surface area contributed by atoms with E-state index < -0.39 is 12.0 Å². The highest BCUT2D eigenvalue weighted by Crippen LogP contribution is 2.44. The molecule has 0 unspecified atom stereocenters. The summed E-state index contributed by atoms with van der Waals surface area (Å²) < 4.78 is 5.59. The van der Waals surface area contributed by atoms with E-state index in [1.807, 2.05) is 36.4 Å². The van der Waals surface area contributed by atoms with Crippen molar-refractivity contribution >= 4 is 12.0 Å². The number of rotatable bonds is 7. The van der Waals surface area contributed by atoms with Gasteiger partial charge in [-0.2, -0.15) is 0 Å². The third kappa shape index (κ3) is 4.44. The van der Waals surface area contributed by atoms with Crippen molar-refractivity contribution in [3.05, 3.63) is 95.1 Å². The Balaban J connectivity index is 1.38. The monoisotopic (exact) mass is 415 g/mol. The van der Waals surface area contributed by atoms with Crippen LogP contribution in [0.25, 0.3) is 11.1 Å². The average molecular weight is 415 g/mol. The predicted molar refractivity (Wildman–Crippen MR) is 120 cm³/mol. The Labute approximate surface area is 181 Å². The smallest absolute Gasteiger partial charge is 0.407 e. The molecule has 1 atom stereocenters. The van der Waals surface area contributed by atoms with Crippen molar-refractivity contribution < 1.29 is 14.3 Å². The number of primary amides is 1. The van der Waals surface area contributed by atoms with Crippen LogP contribution >= 0.6 is 0 Å². The summed E-state index contributed by atoms with van der Waals surface area (Å²) in [5.74, 6) is -0.463. The minimum Gasteiger partial charge on any atom is -0.449 e. The normalized spacial score (nSPS) is 13.2. The molecule has 0 saturated carbocycles. The summed E-state index contributed by atoms with van der Waals surface area (Å²) in [7, 11) is 0. The van der Waals surface area contributed by atoms with Gasteiger partial charge < -0.3 is 21.5 Å². The molecule has 3 aromatic rings. The fourth-order valence-corrected chi connectivity index (χ4v) is 4.09. The zero-order chi connectivity index (χ0) is 21.8. The second-order valence-electron chi connectivity index (χ2n) is 7.67. The summed E-state index contributed by atoms with van der Waals surface area (Å²) in [6.07, 6.45) is 0.0331. The van der Waals surface area contributed by atoms with Gasteiger partial charge in [0.05, 0.1) is 0 Å². The van der Waals surface area contributed by atoms with E-state index in [2.05, 4.69) is 29.6 Å². The van der Waals surface area contributed by atoms with Crippen molar-refractivity contribution in [2.75, 3.05) is 13.2 Å². The van der Waals surface area contributed by atoms with Crippen LogP contribution < -0.4 is 16.8 Å². The number of nitrogens with two attached hydrogens (primary N) is 2. The zero-order valence-corrected chi connectivity index (χ0v) is 17.1. The average Bonchev–Trinajstić information content (AvgIpc) is 3.11. The number of hydrogen-bond acceptors (Lipinski definition) is 4. The molecular weight excluding hydrogens is 390 g/mol. The largest absolute Gasteiger partial charge is 0.449 e. The number of amides is 2. The second kappa shape index (κ2) is 9.02. The lowest BCUT2D eigenvalue weighted by Crippen LogP contribution is -2.42. The van der Waals surface area contributed by atoms with Crippen molar-refractivity contribution in [2.45, 2.75) is 18.4 Å². The lowest BCUT2D eigenvalue weighted by atomic mass is 9.98. The van der Waals surface area contributed by atoms with Gasteiger partial charge in [0.1, 0.15) is 6.61 Å². The van der Waals surface area contributed by atoms with E-state index in [0.717, 1.165) is 5.56 Å². The number of hydrogen-bond donors (Lipinski definition) is 3. The van der Waals surface area contributed by atoms with E-state index in [4.69, 9.17) is 16.2 Å². The zero-order valence-electron chi connectivity index (χ0n) is 17.1. The van der Waals surface area contributed by atoms with Crippen LogP contribution in [0.1, 0.15) is 33.0 Å². The Morgan fingerprint density at radius 1 is 0.903 bits per heavy atom. The first-order valence-electron chi connectivity index (χ1n) is 10.3. The molecule has 0 aliphatic heterocycles. The van der Waals surface area contributed by atoms with Crippen LogP contribution in [0.3, 0.4) is 0 Å². The third-order valence-electron chi connectivity index (χ3n) is 5.67. The van der Waals surface area contributed by atoms with Gasteiger partial charge in [0.2, 0.25) is 5.91 Å². The first-order valence-corrected chi connectivity index (χ1v) is 10.3. The molecular formula is C25H25N3O3. The number of nitrogens with one attached hydrogen (secondary N) is 1. The van der Waals surface area contributed by atoms with Gasteiger partial charge in [-0.3, -0.25) is 4.79 Å². The highest BCUT2D eigenvalue weighted by Gasteiger charge is 2.29. The molecule has 5 N–H and O–H groups in total. The molecule has 0 bridgehead atoms. The molecule has 0 fully saturated rings. The van der Waals surface area contributed by atoms with E-state index in [0.29, 0.717) is 12.0 Å². The first-order chi connectivity index (χ1) is 15.1.